The number of fused-ring (bicyclic) bond motifs is 2. The van der Waals surface area contributed by atoms with Gasteiger partial charge in [0.1, 0.15) is 11.2 Å². The minimum absolute atomic E-state index is 0.0105. The van der Waals surface area contributed by atoms with E-state index < -0.39 is 11.2 Å². The van der Waals surface area contributed by atoms with Gasteiger partial charge in [0.15, 0.2) is 0 Å². The zero-order chi connectivity index (χ0) is 21.1. The Morgan fingerprint density at radius 2 is 1.83 bits per heavy atom. The van der Waals surface area contributed by atoms with E-state index in [0.29, 0.717) is 19.4 Å². The van der Waals surface area contributed by atoms with Gasteiger partial charge in [-0.1, -0.05) is 0 Å². The van der Waals surface area contributed by atoms with Crippen LogP contribution in [0.5, 0.6) is 0 Å². The first-order valence-electron chi connectivity index (χ1n) is 11.4. The van der Waals surface area contributed by atoms with E-state index in [2.05, 4.69) is 6.21 Å². The monoisotopic (exact) mass is 421 g/mol. The first-order chi connectivity index (χ1) is 14.4. The zero-order valence-electron chi connectivity index (χ0n) is 18.4. The van der Waals surface area contributed by atoms with Gasteiger partial charge in [0, 0.05) is 63.7 Å². The van der Waals surface area contributed by atoms with Gasteiger partial charge in [-0.3, -0.25) is 4.99 Å². The van der Waals surface area contributed by atoms with Crippen LogP contribution in [-0.4, -0.2) is 87.0 Å². The lowest BCUT2D eigenvalue weighted by molar-refractivity contribution is -0.283. The lowest BCUT2D eigenvalue weighted by Crippen LogP contribution is -2.76. The van der Waals surface area contributed by atoms with E-state index in [1.807, 2.05) is 0 Å². The Labute approximate surface area is 178 Å². The molecule has 0 aromatic heterocycles. The van der Waals surface area contributed by atoms with Crippen LogP contribution in [0.25, 0.3) is 0 Å². The molecule has 1 heterocycles. The standard InChI is InChI=1S/C23H35NO6/c1-27-11-20-6-5-16(29-3)23-13-7-12-14(28-2)8-21(25,17(13)18(12)30-4)22(26,9-15(20)23)19(23)24-10-20/h10,12-19,25-26H,5-9,11H2,1-4H3. The van der Waals surface area contributed by atoms with Gasteiger partial charge in [-0.15, -0.1) is 0 Å². The lowest BCUT2D eigenvalue weighted by Gasteiger charge is -2.65. The van der Waals surface area contributed by atoms with Crippen molar-refractivity contribution in [2.45, 2.75) is 67.7 Å². The van der Waals surface area contributed by atoms with Crippen molar-refractivity contribution in [3.63, 3.8) is 0 Å². The summed E-state index contributed by atoms with van der Waals surface area (Å²) < 4.78 is 23.8. The molecule has 7 nitrogen and oxygen atoms in total. The molecule has 0 amide bonds. The molecule has 5 saturated carbocycles. The van der Waals surface area contributed by atoms with Gasteiger partial charge in [0.05, 0.1) is 31.0 Å². The predicted octanol–water partition coefficient (Wildman–Crippen LogP) is 1.05. The van der Waals surface area contributed by atoms with Gasteiger partial charge >= 0.3 is 0 Å². The maximum absolute atomic E-state index is 12.4. The molecule has 7 heteroatoms. The topological polar surface area (TPSA) is 89.7 Å². The van der Waals surface area contributed by atoms with Crippen molar-refractivity contribution in [1.29, 1.82) is 0 Å². The number of hydrogen-bond acceptors (Lipinski definition) is 7. The molecule has 0 saturated heterocycles. The smallest absolute Gasteiger partial charge is 0.117 e. The Bertz CT molecular complexity index is 777. The highest BCUT2D eigenvalue weighted by atomic mass is 16.5. The summed E-state index contributed by atoms with van der Waals surface area (Å²) in [6, 6.07) is -0.358. The molecule has 12 atom stereocenters. The zero-order valence-corrected chi connectivity index (χ0v) is 18.4. The summed E-state index contributed by atoms with van der Waals surface area (Å²) in [5, 5.41) is 24.7. The summed E-state index contributed by atoms with van der Waals surface area (Å²) in [7, 11) is 6.99. The Hall–Kier alpha value is -0.570. The average Bonchev–Trinajstić information content (AvgIpc) is 3.14. The molecule has 1 aliphatic heterocycles. The summed E-state index contributed by atoms with van der Waals surface area (Å²) in [4.78, 5) is 5.06. The molecule has 2 N–H and O–H groups in total. The fourth-order valence-electron chi connectivity index (χ4n) is 9.86. The first-order valence-corrected chi connectivity index (χ1v) is 11.4. The van der Waals surface area contributed by atoms with Crippen molar-refractivity contribution in [2.75, 3.05) is 35.0 Å². The van der Waals surface area contributed by atoms with Gasteiger partial charge in [0.25, 0.3) is 0 Å². The van der Waals surface area contributed by atoms with Crippen LogP contribution in [0.1, 0.15) is 32.1 Å². The molecule has 168 valence electrons. The van der Waals surface area contributed by atoms with Gasteiger partial charge in [-0.2, -0.15) is 0 Å². The van der Waals surface area contributed by atoms with E-state index in [9.17, 15) is 10.2 Å². The number of rotatable bonds is 5. The molecule has 6 aliphatic rings. The molecule has 12 unspecified atom stereocenters. The number of nitrogens with zero attached hydrogens (tertiary/aromatic N) is 1. The third-order valence-corrected chi connectivity index (χ3v) is 10.6. The largest absolute Gasteiger partial charge is 0.386 e. The molecule has 30 heavy (non-hydrogen) atoms. The van der Waals surface area contributed by atoms with E-state index >= 15 is 0 Å². The average molecular weight is 422 g/mol. The predicted molar refractivity (Wildman–Crippen MR) is 108 cm³/mol. The Morgan fingerprint density at radius 1 is 1.03 bits per heavy atom. The molecule has 0 aromatic carbocycles. The molecular formula is C23H35NO6. The maximum atomic E-state index is 12.4. The molecule has 1 spiro atoms. The third-order valence-electron chi connectivity index (χ3n) is 10.6. The van der Waals surface area contributed by atoms with Crippen molar-refractivity contribution in [1.82, 2.24) is 0 Å². The van der Waals surface area contributed by atoms with Gasteiger partial charge in [-0.25, -0.2) is 0 Å². The highest BCUT2D eigenvalue weighted by molar-refractivity contribution is 5.71. The first kappa shape index (κ1) is 20.1. The van der Waals surface area contributed by atoms with E-state index in [-0.39, 0.29) is 58.9 Å². The van der Waals surface area contributed by atoms with E-state index in [1.54, 1.807) is 28.4 Å². The van der Waals surface area contributed by atoms with Crippen molar-refractivity contribution >= 4 is 6.21 Å². The van der Waals surface area contributed by atoms with Crippen LogP contribution in [0.4, 0.5) is 0 Å². The SMILES string of the molecule is COCC12C=NC3C4(C(OC)CC1)C1CC5C(OC)CC(O)(C1C5OC)C3(O)CC24. The molecule has 6 rings (SSSR count). The number of aliphatic hydroxyl groups is 2. The molecule has 0 radical (unpaired) electrons. The number of ether oxygens (including phenoxy) is 4. The summed E-state index contributed by atoms with van der Waals surface area (Å²) in [5.74, 6) is 0.436. The van der Waals surface area contributed by atoms with Gasteiger partial charge in [0.2, 0.25) is 0 Å². The molecule has 7 bridgehead atoms. The summed E-state index contributed by atoms with van der Waals surface area (Å²) in [6.07, 6.45) is 5.58. The fourth-order valence-corrected chi connectivity index (χ4v) is 9.86. The lowest BCUT2D eigenvalue weighted by atomic mass is 9.44. The van der Waals surface area contributed by atoms with Crippen LogP contribution in [0.2, 0.25) is 0 Å². The van der Waals surface area contributed by atoms with Crippen LogP contribution < -0.4 is 0 Å². The second-order valence-electron chi connectivity index (χ2n) is 10.9. The molecule has 5 aliphatic carbocycles. The fraction of sp³-hybridized carbons (Fsp3) is 0.957. The van der Waals surface area contributed by atoms with Crippen molar-refractivity contribution in [2.24, 2.45) is 39.5 Å². The molecule has 0 aromatic rings. The van der Waals surface area contributed by atoms with E-state index in [4.69, 9.17) is 23.9 Å². The van der Waals surface area contributed by atoms with Crippen LogP contribution in [0, 0.1) is 34.5 Å². The summed E-state index contributed by atoms with van der Waals surface area (Å²) >= 11 is 0. The normalized spacial score (nSPS) is 62.1. The number of aliphatic imine (C=N–C) groups is 1. The Balaban J connectivity index is 1.61. The number of hydrogen-bond donors (Lipinski definition) is 2. The van der Waals surface area contributed by atoms with Gasteiger partial charge < -0.3 is 29.2 Å². The minimum Gasteiger partial charge on any atom is -0.386 e. The van der Waals surface area contributed by atoms with Crippen molar-refractivity contribution in [3.05, 3.63) is 0 Å². The second kappa shape index (κ2) is 6.06. The van der Waals surface area contributed by atoms with Crippen molar-refractivity contribution in [3.8, 4) is 0 Å². The van der Waals surface area contributed by atoms with E-state index in [0.717, 1.165) is 19.3 Å². The van der Waals surface area contributed by atoms with Crippen LogP contribution in [-0.2, 0) is 18.9 Å². The van der Waals surface area contributed by atoms with E-state index in [1.165, 1.54) is 0 Å². The Morgan fingerprint density at radius 3 is 2.50 bits per heavy atom. The second-order valence-corrected chi connectivity index (χ2v) is 10.9. The Kier molecular flexibility index (Phi) is 4.05. The van der Waals surface area contributed by atoms with Crippen molar-refractivity contribution < 1.29 is 29.2 Å². The van der Waals surface area contributed by atoms with Crippen LogP contribution in [0.15, 0.2) is 4.99 Å². The van der Waals surface area contributed by atoms with Crippen LogP contribution in [0.3, 0.4) is 0 Å². The number of methoxy groups -OCH3 is 4. The van der Waals surface area contributed by atoms with Crippen LogP contribution >= 0.6 is 0 Å². The summed E-state index contributed by atoms with van der Waals surface area (Å²) in [5.41, 5.74) is -3.10. The molecular weight excluding hydrogens is 386 g/mol. The quantitative estimate of drug-likeness (QED) is 0.690. The molecule has 5 fully saturated rings. The van der Waals surface area contributed by atoms with Gasteiger partial charge in [-0.05, 0) is 37.5 Å². The highest BCUT2D eigenvalue weighted by Gasteiger charge is 2.87. The maximum Gasteiger partial charge on any atom is 0.117 e. The highest BCUT2D eigenvalue weighted by Crippen LogP contribution is 2.79. The third kappa shape index (κ3) is 1.83. The summed E-state index contributed by atoms with van der Waals surface area (Å²) in [6.45, 7) is 0.593. The minimum atomic E-state index is -1.31.